The molecule has 0 spiro atoms. The Labute approximate surface area is 89.9 Å². The Hall–Kier alpha value is -0.290. The van der Waals surface area contributed by atoms with Gasteiger partial charge in [-0.25, -0.2) is 0 Å². The SMILES string of the molecule is CNc1ccccc1[I-]N1CC1C. The number of nitrogens with zero attached hydrogens (tertiary/aromatic N) is 1. The van der Waals surface area contributed by atoms with Crippen molar-refractivity contribution in [1.29, 1.82) is 0 Å². The molecule has 2 unspecified atom stereocenters. The van der Waals surface area contributed by atoms with Gasteiger partial charge in [-0.1, -0.05) is 0 Å². The van der Waals surface area contributed by atoms with Crippen LogP contribution in [0.2, 0.25) is 0 Å². The summed E-state index contributed by atoms with van der Waals surface area (Å²) in [4.78, 5) is 0. The maximum absolute atomic E-state index is 3.24. The van der Waals surface area contributed by atoms with Crippen LogP contribution in [0.1, 0.15) is 6.92 Å². The summed E-state index contributed by atoms with van der Waals surface area (Å²) in [7, 11) is 1.99. The second kappa shape index (κ2) is 3.84. The number of para-hydroxylation sites is 1. The van der Waals surface area contributed by atoms with Crippen LogP contribution < -0.4 is 26.8 Å². The zero-order valence-corrected chi connectivity index (χ0v) is 10.1. The van der Waals surface area contributed by atoms with Crippen LogP contribution in [0.5, 0.6) is 0 Å². The van der Waals surface area contributed by atoms with Gasteiger partial charge in [0, 0.05) is 0 Å². The van der Waals surface area contributed by atoms with Gasteiger partial charge in [0.15, 0.2) is 0 Å². The molecular formula is C10H14IN2-. The molecule has 0 radical (unpaired) electrons. The summed E-state index contributed by atoms with van der Waals surface area (Å²) in [5.74, 6) is 0. The third-order valence-corrected chi connectivity index (χ3v) is 5.55. The van der Waals surface area contributed by atoms with Crippen LogP contribution in [0.3, 0.4) is 0 Å². The molecule has 3 heteroatoms. The van der Waals surface area contributed by atoms with Gasteiger partial charge in [0.25, 0.3) is 0 Å². The van der Waals surface area contributed by atoms with Crippen LogP contribution in [-0.2, 0) is 0 Å². The van der Waals surface area contributed by atoms with Crippen LogP contribution in [0.4, 0.5) is 5.69 Å². The Kier molecular flexibility index (Phi) is 2.74. The number of benzene rings is 1. The summed E-state index contributed by atoms with van der Waals surface area (Å²) < 4.78 is 4.07. The Bertz CT molecular complexity index is 301. The second-order valence-electron chi connectivity index (χ2n) is 3.25. The Balaban J connectivity index is 2.09. The summed E-state index contributed by atoms with van der Waals surface area (Å²) in [6.07, 6.45) is 0. The Morgan fingerprint density at radius 3 is 2.77 bits per heavy atom. The van der Waals surface area contributed by atoms with Crippen LogP contribution in [0, 0.1) is 3.57 Å². The zero-order valence-electron chi connectivity index (χ0n) is 7.92. The number of anilines is 1. The normalized spacial score (nSPS) is 26.0. The number of hydrogen-bond donors (Lipinski definition) is 1. The molecule has 0 bridgehead atoms. The van der Waals surface area contributed by atoms with E-state index in [1.165, 1.54) is 15.8 Å². The van der Waals surface area contributed by atoms with E-state index in [1.807, 2.05) is 7.05 Å². The third kappa shape index (κ3) is 2.14. The molecule has 72 valence electrons. The summed E-state index contributed by atoms with van der Waals surface area (Å²) in [6, 6.07) is 9.44. The zero-order chi connectivity index (χ0) is 9.26. The Morgan fingerprint density at radius 1 is 1.46 bits per heavy atom. The minimum atomic E-state index is 0.0808. The van der Waals surface area contributed by atoms with Gasteiger partial charge in [0.2, 0.25) is 0 Å². The van der Waals surface area contributed by atoms with Gasteiger partial charge in [-0.15, -0.1) is 0 Å². The van der Waals surface area contributed by atoms with Gasteiger partial charge < -0.3 is 0 Å². The first-order valence-electron chi connectivity index (χ1n) is 4.50. The van der Waals surface area contributed by atoms with Crippen LogP contribution in [0.25, 0.3) is 0 Å². The molecule has 1 saturated heterocycles. The molecule has 2 nitrogen and oxygen atoms in total. The first-order valence-corrected chi connectivity index (χ1v) is 6.54. The van der Waals surface area contributed by atoms with Gasteiger partial charge in [-0.3, -0.25) is 0 Å². The fraction of sp³-hybridized carbons (Fsp3) is 0.400. The van der Waals surface area contributed by atoms with E-state index in [4.69, 9.17) is 0 Å². The fourth-order valence-corrected chi connectivity index (χ4v) is 4.17. The topological polar surface area (TPSA) is 15.0 Å². The van der Waals surface area contributed by atoms with E-state index >= 15 is 0 Å². The van der Waals surface area contributed by atoms with E-state index in [2.05, 4.69) is 39.6 Å². The number of rotatable bonds is 3. The quantitative estimate of drug-likeness (QED) is 0.418. The predicted octanol–water partition coefficient (Wildman–Crippen LogP) is -1.39. The summed E-state index contributed by atoms with van der Waals surface area (Å²) in [5.41, 5.74) is 1.30. The van der Waals surface area contributed by atoms with Crippen molar-refractivity contribution in [3.8, 4) is 0 Å². The maximum atomic E-state index is 3.24. The number of halogens is 1. The molecule has 0 saturated carbocycles. The molecule has 2 atom stereocenters. The van der Waals surface area contributed by atoms with E-state index in [0.29, 0.717) is 0 Å². The van der Waals surface area contributed by atoms with Crippen LogP contribution in [0.15, 0.2) is 24.3 Å². The van der Waals surface area contributed by atoms with E-state index in [1.54, 1.807) is 0 Å². The second-order valence-corrected chi connectivity index (χ2v) is 6.13. The molecule has 1 aromatic carbocycles. The van der Waals surface area contributed by atoms with Crippen molar-refractivity contribution in [2.75, 3.05) is 18.9 Å². The molecule has 1 aliphatic heterocycles. The minimum absolute atomic E-state index is 0.0808. The van der Waals surface area contributed by atoms with E-state index in [9.17, 15) is 0 Å². The van der Waals surface area contributed by atoms with Crippen molar-refractivity contribution in [1.82, 2.24) is 3.11 Å². The van der Waals surface area contributed by atoms with Gasteiger partial charge in [0.1, 0.15) is 0 Å². The van der Waals surface area contributed by atoms with Crippen molar-refractivity contribution in [3.63, 3.8) is 0 Å². The molecule has 1 heterocycles. The molecule has 2 rings (SSSR count). The van der Waals surface area contributed by atoms with Gasteiger partial charge in [-0.2, -0.15) is 0 Å². The van der Waals surface area contributed by atoms with Gasteiger partial charge in [0.05, 0.1) is 0 Å². The molecule has 0 aliphatic carbocycles. The molecule has 1 aliphatic rings. The van der Waals surface area contributed by atoms with Crippen molar-refractivity contribution in [2.24, 2.45) is 0 Å². The first-order chi connectivity index (χ1) is 6.31. The van der Waals surface area contributed by atoms with Crippen molar-refractivity contribution < 1.29 is 21.5 Å². The fourth-order valence-electron chi connectivity index (χ4n) is 1.18. The Morgan fingerprint density at radius 2 is 2.15 bits per heavy atom. The van der Waals surface area contributed by atoms with Crippen LogP contribution >= 0.6 is 0 Å². The van der Waals surface area contributed by atoms with Gasteiger partial charge >= 0.3 is 90.0 Å². The summed E-state index contributed by atoms with van der Waals surface area (Å²) in [6.45, 7) is 3.59. The van der Waals surface area contributed by atoms with Crippen LogP contribution in [-0.4, -0.2) is 22.7 Å². The van der Waals surface area contributed by atoms with E-state index in [-0.39, 0.29) is 21.5 Å². The average molecular weight is 289 g/mol. The third-order valence-electron chi connectivity index (χ3n) is 2.13. The van der Waals surface area contributed by atoms with Crippen molar-refractivity contribution in [3.05, 3.63) is 27.8 Å². The summed E-state index contributed by atoms with van der Waals surface area (Å²) in [5, 5.41) is 3.24. The molecule has 1 aromatic rings. The van der Waals surface area contributed by atoms with Crippen molar-refractivity contribution >= 4 is 5.69 Å². The van der Waals surface area contributed by atoms with Crippen molar-refractivity contribution in [2.45, 2.75) is 13.0 Å². The molecule has 0 aromatic heterocycles. The van der Waals surface area contributed by atoms with Gasteiger partial charge in [-0.05, 0) is 0 Å². The molecule has 13 heavy (non-hydrogen) atoms. The monoisotopic (exact) mass is 289 g/mol. The van der Waals surface area contributed by atoms with E-state index in [0.717, 1.165) is 6.04 Å². The number of hydrogen-bond acceptors (Lipinski definition) is 2. The first kappa shape index (κ1) is 9.27. The molecule has 1 fully saturated rings. The standard InChI is InChI=1S/C10H14IN2/c1-8-7-13(8)11-9-5-3-4-6-10(9)12-2/h3-6,8,12H,7H2,1-2H3/q-1. The average Bonchev–Trinajstić information content (AvgIpc) is 2.83. The van der Waals surface area contributed by atoms with E-state index < -0.39 is 0 Å². The molecular weight excluding hydrogens is 275 g/mol. The summed E-state index contributed by atoms with van der Waals surface area (Å²) >= 11 is 0.0808. The molecule has 1 N–H and O–H groups in total. The number of nitrogens with one attached hydrogen (secondary N) is 1. The predicted molar refractivity (Wildman–Crippen MR) is 50.9 cm³/mol. The molecule has 0 amide bonds.